The monoisotopic (exact) mass is 602 g/mol. The van der Waals surface area contributed by atoms with Crippen LogP contribution in [0.4, 0.5) is 0 Å². The number of carbonyl (C=O) groups excluding carboxylic acids is 1. The summed E-state index contributed by atoms with van der Waals surface area (Å²) in [7, 11) is 2.13. The van der Waals surface area contributed by atoms with Gasteiger partial charge in [0.2, 0.25) is 0 Å². The molecule has 4 aromatic carbocycles. The van der Waals surface area contributed by atoms with Crippen LogP contribution in [0.2, 0.25) is 0 Å². The Hall–Kier alpha value is -4.47. The Kier molecular flexibility index (Phi) is 9.57. The standard InChI is InChI=1S/C37H38N4O4/c1-25(28-8-4-3-5-9-28)41(2)23-31-20-35(29-16-14-27(24-42)15-17-29)45-37(44-31)30-18-12-26(13-19-30)21-39-36(43)34-22-38-32-10-6-7-11-33(32)40-34/h3-19,22,25,31,35,37,42H,20-21,23-24H2,1-2H3,(H,39,43)/t25-,31-,35+,37+/m0/s1. The molecular weight excluding hydrogens is 564 g/mol. The van der Waals surface area contributed by atoms with Crippen molar-refractivity contribution in [3.8, 4) is 0 Å². The van der Waals surface area contributed by atoms with E-state index in [4.69, 9.17) is 9.47 Å². The number of ether oxygens (including phenoxy) is 2. The van der Waals surface area contributed by atoms with Gasteiger partial charge in [0.05, 0.1) is 36.0 Å². The molecule has 0 spiro atoms. The van der Waals surface area contributed by atoms with E-state index in [0.29, 0.717) is 18.5 Å². The molecule has 0 saturated carbocycles. The van der Waals surface area contributed by atoms with E-state index in [1.165, 1.54) is 11.8 Å². The lowest BCUT2D eigenvalue weighted by Gasteiger charge is -2.39. The molecule has 4 atom stereocenters. The van der Waals surface area contributed by atoms with Crippen LogP contribution in [0, 0.1) is 0 Å². The number of aliphatic hydroxyl groups is 1. The van der Waals surface area contributed by atoms with E-state index < -0.39 is 6.29 Å². The van der Waals surface area contributed by atoms with Gasteiger partial charge in [-0.15, -0.1) is 0 Å². The van der Waals surface area contributed by atoms with E-state index in [2.05, 4.69) is 58.4 Å². The summed E-state index contributed by atoms with van der Waals surface area (Å²) in [5.41, 5.74) is 6.75. The number of nitrogens with zero attached hydrogens (tertiary/aromatic N) is 3. The number of benzene rings is 4. The van der Waals surface area contributed by atoms with Crippen LogP contribution in [0.5, 0.6) is 0 Å². The summed E-state index contributed by atoms with van der Waals surface area (Å²) in [6.07, 6.45) is 1.43. The highest BCUT2D eigenvalue weighted by atomic mass is 16.7. The molecule has 0 aliphatic carbocycles. The van der Waals surface area contributed by atoms with Gasteiger partial charge in [-0.2, -0.15) is 0 Å². The second kappa shape index (κ2) is 14.1. The molecule has 45 heavy (non-hydrogen) atoms. The van der Waals surface area contributed by atoms with Crippen molar-refractivity contribution in [2.24, 2.45) is 0 Å². The Morgan fingerprint density at radius 3 is 2.29 bits per heavy atom. The molecule has 1 aromatic heterocycles. The molecule has 230 valence electrons. The average molecular weight is 603 g/mol. The van der Waals surface area contributed by atoms with E-state index >= 15 is 0 Å². The van der Waals surface area contributed by atoms with Gasteiger partial charge in [-0.25, -0.2) is 4.98 Å². The third-order valence-electron chi connectivity index (χ3n) is 8.44. The van der Waals surface area contributed by atoms with Gasteiger partial charge in [0.1, 0.15) is 5.69 Å². The lowest BCUT2D eigenvalue weighted by atomic mass is 9.99. The number of aliphatic hydroxyl groups excluding tert-OH is 1. The van der Waals surface area contributed by atoms with E-state index in [9.17, 15) is 9.90 Å². The second-order valence-corrected chi connectivity index (χ2v) is 11.5. The minimum absolute atomic E-state index is 0.00476. The van der Waals surface area contributed by atoms with Gasteiger partial charge < -0.3 is 19.9 Å². The first-order chi connectivity index (χ1) is 22.0. The summed E-state index contributed by atoms with van der Waals surface area (Å²) in [5, 5.41) is 12.5. The molecule has 1 aliphatic rings. The van der Waals surface area contributed by atoms with E-state index in [0.717, 1.165) is 34.3 Å². The fourth-order valence-corrected chi connectivity index (χ4v) is 5.63. The maximum atomic E-state index is 12.8. The normalized spacial score (nSPS) is 19.0. The number of carbonyl (C=O) groups is 1. The van der Waals surface area contributed by atoms with Crippen molar-refractivity contribution in [2.45, 2.75) is 51.0 Å². The first kappa shape index (κ1) is 30.6. The van der Waals surface area contributed by atoms with Crippen LogP contribution >= 0.6 is 0 Å². The number of hydrogen-bond acceptors (Lipinski definition) is 7. The Bertz CT molecular complexity index is 1710. The molecule has 1 fully saturated rings. The number of amides is 1. The fraction of sp³-hybridized carbons (Fsp3) is 0.270. The van der Waals surface area contributed by atoms with Crippen LogP contribution in [0.15, 0.2) is 109 Å². The Labute approximate surface area is 263 Å². The molecule has 0 radical (unpaired) electrons. The summed E-state index contributed by atoms with van der Waals surface area (Å²) in [4.78, 5) is 23.9. The summed E-state index contributed by atoms with van der Waals surface area (Å²) in [6.45, 7) is 3.31. The van der Waals surface area contributed by atoms with Crippen LogP contribution in [0.25, 0.3) is 11.0 Å². The fourth-order valence-electron chi connectivity index (χ4n) is 5.63. The molecule has 6 rings (SSSR count). The Morgan fingerprint density at radius 1 is 0.889 bits per heavy atom. The number of para-hydroxylation sites is 2. The van der Waals surface area contributed by atoms with Crippen molar-refractivity contribution in [3.05, 3.63) is 143 Å². The van der Waals surface area contributed by atoms with Gasteiger partial charge in [0.25, 0.3) is 5.91 Å². The average Bonchev–Trinajstić information content (AvgIpc) is 3.10. The maximum Gasteiger partial charge on any atom is 0.271 e. The molecule has 1 saturated heterocycles. The first-order valence-electron chi connectivity index (χ1n) is 15.3. The third kappa shape index (κ3) is 7.44. The SMILES string of the molecule is C[C@@H](c1ccccc1)N(C)C[C@@H]1C[C@H](c2ccc(CO)cc2)O[C@H](c2ccc(CNC(=O)c3cnc4ccccc4n3)cc2)O1. The van der Waals surface area contributed by atoms with Gasteiger partial charge in [-0.05, 0) is 48.4 Å². The van der Waals surface area contributed by atoms with Crippen LogP contribution < -0.4 is 5.32 Å². The highest BCUT2D eigenvalue weighted by Gasteiger charge is 2.33. The number of aromatic nitrogens is 2. The van der Waals surface area contributed by atoms with Crippen molar-refractivity contribution < 1.29 is 19.4 Å². The molecular formula is C37H38N4O4. The zero-order valence-electron chi connectivity index (χ0n) is 25.5. The summed E-state index contributed by atoms with van der Waals surface area (Å²) in [5.74, 6) is -0.275. The third-order valence-corrected chi connectivity index (χ3v) is 8.44. The maximum absolute atomic E-state index is 12.8. The van der Waals surface area contributed by atoms with Gasteiger partial charge in [0.15, 0.2) is 6.29 Å². The lowest BCUT2D eigenvalue weighted by molar-refractivity contribution is -0.253. The van der Waals surface area contributed by atoms with Crippen molar-refractivity contribution >= 4 is 16.9 Å². The molecule has 2 N–H and O–H groups in total. The van der Waals surface area contributed by atoms with Crippen LogP contribution in [0.1, 0.15) is 70.1 Å². The zero-order chi connectivity index (χ0) is 31.2. The predicted molar refractivity (Wildman–Crippen MR) is 173 cm³/mol. The number of fused-ring (bicyclic) bond motifs is 1. The minimum Gasteiger partial charge on any atom is -0.392 e. The highest BCUT2D eigenvalue weighted by Crippen LogP contribution is 2.38. The molecule has 8 nitrogen and oxygen atoms in total. The number of rotatable bonds is 10. The van der Waals surface area contributed by atoms with E-state index in [1.807, 2.05) is 78.9 Å². The van der Waals surface area contributed by atoms with Crippen LogP contribution in [-0.2, 0) is 22.6 Å². The smallest absolute Gasteiger partial charge is 0.271 e. The van der Waals surface area contributed by atoms with E-state index in [-0.39, 0.29) is 36.5 Å². The van der Waals surface area contributed by atoms with Gasteiger partial charge in [-0.3, -0.25) is 14.7 Å². The van der Waals surface area contributed by atoms with Gasteiger partial charge in [-0.1, -0.05) is 91.0 Å². The number of hydrogen-bond donors (Lipinski definition) is 2. The van der Waals surface area contributed by atoms with Gasteiger partial charge >= 0.3 is 0 Å². The quantitative estimate of drug-likeness (QED) is 0.194. The molecule has 0 bridgehead atoms. The molecule has 5 aromatic rings. The van der Waals surface area contributed by atoms with Crippen molar-refractivity contribution in [2.75, 3.05) is 13.6 Å². The van der Waals surface area contributed by atoms with Crippen molar-refractivity contribution in [3.63, 3.8) is 0 Å². The van der Waals surface area contributed by atoms with Crippen molar-refractivity contribution in [1.82, 2.24) is 20.2 Å². The van der Waals surface area contributed by atoms with Crippen molar-refractivity contribution in [1.29, 1.82) is 0 Å². The first-order valence-corrected chi connectivity index (χ1v) is 15.3. The Balaban J connectivity index is 1.14. The summed E-state index contributed by atoms with van der Waals surface area (Å²) in [6, 6.07) is 34.1. The van der Waals surface area contributed by atoms with E-state index in [1.54, 1.807) is 0 Å². The highest BCUT2D eigenvalue weighted by molar-refractivity contribution is 5.93. The molecule has 8 heteroatoms. The zero-order valence-corrected chi connectivity index (χ0v) is 25.5. The predicted octanol–water partition coefficient (Wildman–Crippen LogP) is 6.29. The molecule has 1 aliphatic heterocycles. The minimum atomic E-state index is -0.553. The summed E-state index contributed by atoms with van der Waals surface area (Å²) < 4.78 is 13.1. The molecule has 0 unspecified atom stereocenters. The van der Waals surface area contributed by atoms with Crippen LogP contribution in [0.3, 0.4) is 0 Å². The summed E-state index contributed by atoms with van der Waals surface area (Å²) >= 11 is 0. The van der Waals surface area contributed by atoms with Gasteiger partial charge in [0, 0.05) is 31.1 Å². The number of nitrogens with one attached hydrogen (secondary N) is 1. The second-order valence-electron chi connectivity index (χ2n) is 11.5. The molecule has 2 heterocycles. The molecule has 1 amide bonds. The number of likely N-dealkylation sites (N-methyl/N-ethyl adjacent to an activating group) is 1. The van der Waals surface area contributed by atoms with Crippen LogP contribution in [-0.4, -0.2) is 45.6 Å². The largest absolute Gasteiger partial charge is 0.392 e. The topological polar surface area (TPSA) is 96.8 Å². The lowest BCUT2D eigenvalue weighted by Crippen LogP contribution is -2.38. The Morgan fingerprint density at radius 2 is 1.56 bits per heavy atom.